The molecule has 0 heterocycles. The number of halogens is 1. The molecule has 1 unspecified atom stereocenters. The zero-order valence-corrected chi connectivity index (χ0v) is 17.4. The summed E-state index contributed by atoms with van der Waals surface area (Å²) in [6.45, 7) is 0.580. The maximum Gasteiger partial charge on any atom is 0.246 e. The third-order valence-electron chi connectivity index (χ3n) is 4.68. The van der Waals surface area contributed by atoms with Crippen LogP contribution in [0.2, 0.25) is 0 Å². The zero-order chi connectivity index (χ0) is 21.9. The van der Waals surface area contributed by atoms with Gasteiger partial charge in [-0.25, -0.2) is 4.39 Å². The van der Waals surface area contributed by atoms with E-state index in [0.29, 0.717) is 19.6 Å². The van der Waals surface area contributed by atoms with Crippen LogP contribution in [-0.2, 0) is 16.0 Å². The fourth-order valence-corrected chi connectivity index (χ4v) is 3.08. The van der Waals surface area contributed by atoms with E-state index in [-0.39, 0.29) is 24.4 Å². The number of hydrogen-bond donors (Lipinski definition) is 1. The Morgan fingerprint density at radius 2 is 1.61 bits per heavy atom. The highest BCUT2D eigenvalue weighted by molar-refractivity contribution is 5.77. The number of amides is 1. The number of nitrogens with one attached hydrogen (secondary N) is 1. The summed E-state index contributed by atoms with van der Waals surface area (Å²) in [7, 11) is 1.60. The van der Waals surface area contributed by atoms with Crippen LogP contribution < -0.4 is 14.8 Å². The first kappa shape index (κ1) is 22.3. The first-order valence-corrected chi connectivity index (χ1v) is 10.1. The first-order chi connectivity index (χ1) is 15.1. The van der Waals surface area contributed by atoms with Crippen LogP contribution in [0.5, 0.6) is 11.5 Å². The quantitative estimate of drug-likeness (QED) is 0.467. The second-order valence-corrected chi connectivity index (χ2v) is 6.94. The molecule has 0 saturated heterocycles. The molecule has 0 saturated carbocycles. The molecular weight excluding hydrogens is 397 g/mol. The van der Waals surface area contributed by atoms with Gasteiger partial charge >= 0.3 is 0 Å². The maximum absolute atomic E-state index is 13.2. The van der Waals surface area contributed by atoms with E-state index in [4.69, 9.17) is 14.2 Å². The van der Waals surface area contributed by atoms with Crippen LogP contribution in [0.3, 0.4) is 0 Å². The van der Waals surface area contributed by atoms with E-state index in [1.54, 1.807) is 19.2 Å². The van der Waals surface area contributed by atoms with Crippen LogP contribution in [0, 0.1) is 5.82 Å². The van der Waals surface area contributed by atoms with Gasteiger partial charge in [-0.3, -0.25) is 4.79 Å². The van der Waals surface area contributed by atoms with Gasteiger partial charge in [0.1, 0.15) is 30.5 Å². The molecule has 3 rings (SSSR count). The number of benzene rings is 3. The lowest BCUT2D eigenvalue weighted by atomic mass is 9.98. The predicted octanol–water partition coefficient (Wildman–Crippen LogP) is 4.33. The maximum atomic E-state index is 13.2. The Balaban J connectivity index is 1.53. The SMILES string of the molecule is COc1ccc(C(Cc2ccc(F)cc2)NC(=O)COCCOc2ccccc2)cc1. The van der Waals surface area contributed by atoms with Gasteiger partial charge in [0.15, 0.2) is 0 Å². The van der Waals surface area contributed by atoms with Crippen LogP contribution in [0.25, 0.3) is 0 Å². The molecule has 3 aromatic rings. The minimum absolute atomic E-state index is 0.0752. The summed E-state index contributed by atoms with van der Waals surface area (Å²) in [4.78, 5) is 12.5. The predicted molar refractivity (Wildman–Crippen MR) is 117 cm³/mol. The van der Waals surface area contributed by atoms with Crippen molar-refractivity contribution in [2.45, 2.75) is 12.5 Å². The summed E-state index contributed by atoms with van der Waals surface area (Å²) in [6, 6.07) is 22.9. The van der Waals surface area contributed by atoms with Gasteiger partial charge in [0.2, 0.25) is 5.91 Å². The molecular formula is C25H26FNO4. The van der Waals surface area contributed by atoms with E-state index in [9.17, 15) is 9.18 Å². The number of methoxy groups -OCH3 is 1. The average Bonchev–Trinajstić information content (AvgIpc) is 2.80. The summed E-state index contributed by atoms with van der Waals surface area (Å²) in [5, 5.41) is 3.00. The Morgan fingerprint density at radius 1 is 0.903 bits per heavy atom. The van der Waals surface area contributed by atoms with Crippen molar-refractivity contribution >= 4 is 5.91 Å². The van der Waals surface area contributed by atoms with Crippen molar-refractivity contribution in [1.29, 1.82) is 0 Å². The Morgan fingerprint density at radius 3 is 2.29 bits per heavy atom. The minimum atomic E-state index is -0.292. The standard InChI is InChI=1S/C25H26FNO4/c1-29-22-13-9-20(10-14-22)24(17-19-7-11-21(26)12-8-19)27-25(28)18-30-15-16-31-23-5-3-2-4-6-23/h2-14,24H,15-18H2,1H3,(H,27,28). The van der Waals surface area contributed by atoms with Crippen LogP contribution in [0.15, 0.2) is 78.9 Å². The number of carbonyl (C=O) groups excluding carboxylic acids is 1. The lowest BCUT2D eigenvalue weighted by Crippen LogP contribution is -2.33. The fraction of sp³-hybridized carbons (Fsp3) is 0.240. The number of para-hydroxylation sites is 1. The summed E-state index contributed by atoms with van der Waals surface area (Å²) >= 11 is 0. The van der Waals surface area contributed by atoms with Gasteiger partial charge in [-0.2, -0.15) is 0 Å². The Bertz CT molecular complexity index is 930. The van der Waals surface area contributed by atoms with Crippen LogP contribution in [0.1, 0.15) is 17.2 Å². The summed E-state index contributed by atoms with van der Waals surface area (Å²) < 4.78 is 29.4. The second-order valence-electron chi connectivity index (χ2n) is 6.94. The molecule has 31 heavy (non-hydrogen) atoms. The van der Waals surface area contributed by atoms with E-state index in [2.05, 4.69) is 5.32 Å². The molecule has 1 atom stereocenters. The highest BCUT2D eigenvalue weighted by atomic mass is 19.1. The topological polar surface area (TPSA) is 56.8 Å². The molecule has 3 aromatic carbocycles. The highest BCUT2D eigenvalue weighted by Crippen LogP contribution is 2.22. The Kier molecular flexibility index (Phi) is 8.43. The van der Waals surface area contributed by atoms with E-state index in [1.165, 1.54) is 12.1 Å². The Labute approximate surface area is 181 Å². The second kappa shape index (κ2) is 11.7. The van der Waals surface area contributed by atoms with Gasteiger partial charge < -0.3 is 19.5 Å². The molecule has 0 fully saturated rings. The third-order valence-corrected chi connectivity index (χ3v) is 4.68. The average molecular weight is 423 g/mol. The fourth-order valence-electron chi connectivity index (χ4n) is 3.08. The lowest BCUT2D eigenvalue weighted by Gasteiger charge is -2.20. The largest absolute Gasteiger partial charge is 0.497 e. The number of hydrogen-bond acceptors (Lipinski definition) is 4. The van der Waals surface area contributed by atoms with E-state index < -0.39 is 0 Å². The molecule has 162 valence electrons. The monoisotopic (exact) mass is 423 g/mol. The summed E-state index contributed by atoms with van der Waals surface area (Å²) in [5.41, 5.74) is 1.84. The molecule has 6 heteroatoms. The number of carbonyl (C=O) groups is 1. The number of ether oxygens (including phenoxy) is 3. The lowest BCUT2D eigenvalue weighted by molar-refractivity contribution is -0.126. The molecule has 5 nitrogen and oxygen atoms in total. The van der Waals surface area contributed by atoms with Crippen LogP contribution in [0.4, 0.5) is 4.39 Å². The van der Waals surface area contributed by atoms with E-state index >= 15 is 0 Å². The smallest absolute Gasteiger partial charge is 0.246 e. The van der Waals surface area contributed by atoms with Gasteiger partial charge in [-0.15, -0.1) is 0 Å². The molecule has 0 bridgehead atoms. The van der Waals surface area contributed by atoms with Crippen LogP contribution in [-0.4, -0.2) is 32.8 Å². The third kappa shape index (κ3) is 7.42. The molecule has 0 aliphatic heterocycles. The molecule has 0 aromatic heterocycles. The molecule has 1 N–H and O–H groups in total. The Hall–Kier alpha value is -3.38. The van der Waals surface area contributed by atoms with Gasteiger partial charge in [0.05, 0.1) is 19.8 Å². The highest BCUT2D eigenvalue weighted by Gasteiger charge is 2.16. The molecule has 0 radical (unpaired) electrons. The minimum Gasteiger partial charge on any atom is -0.497 e. The van der Waals surface area contributed by atoms with Gasteiger partial charge in [0.25, 0.3) is 0 Å². The number of rotatable bonds is 11. The van der Waals surface area contributed by atoms with Gasteiger partial charge in [0, 0.05) is 0 Å². The van der Waals surface area contributed by atoms with E-state index in [0.717, 1.165) is 22.6 Å². The zero-order valence-electron chi connectivity index (χ0n) is 17.4. The first-order valence-electron chi connectivity index (χ1n) is 10.1. The molecule has 0 spiro atoms. The van der Waals surface area contributed by atoms with Crippen molar-refractivity contribution in [2.24, 2.45) is 0 Å². The summed E-state index contributed by atoms with van der Waals surface area (Å²) in [6.07, 6.45) is 0.523. The van der Waals surface area contributed by atoms with Crippen LogP contribution >= 0.6 is 0 Å². The van der Waals surface area contributed by atoms with Gasteiger partial charge in [-0.05, 0) is 53.9 Å². The molecule has 0 aliphatic carbocycles. The molecule has 1 amide bonds. The summed E-state index contributed by atoms with van der Waals surface area (Å²) in [5.74, 6) is 0.967. The normalized spacial score (nSPS) is 11.5. The van der Waals surface area contributed by atoms with Crippen molar-refractivity contribution in [2.75, 3.05) is 26.9 Å². The van der Waals surface area contributed by atoms with Crippen molar-refractivity contribution < 1.29 is 23.4 Å². The van der Waals surface area contributed by atoms with E-state index in [1.807, 2.05) is 54.6 Å². The van der Waals surface area contributed by atoms with Crippen molar-refractivity contribution in [3.8, 4) is 11.5 Å². The van der Waals surface area contributed by atoms with Crippen molar-refractivity contribution in [3.05, 3.63) is 95.8 Å². The van der Waals surface area contributed by atoms with Gasteiger partial charge in [-0.1, -0.05) is 42.5 Å². The van der Waals surface area contributed by atoms with Crippen molar-refractivity contribution in [3.63, 3.8) is 0 Å². The van der Waals surface area contributed by atoms with Crippen molar-refractivity contribution in [1.82, 2.24) is 5.32 Å². The molecule has 0 aliphatic rings.